The molecule has 0 N–H and O–H groups in total. The van der Waals surface area contributed by atoms with E-state index in [2.05, 4.69) is 11.8 Å². The number of hydrogen-bond acceptors (Lipinski definition) is 1. The van der Waals surface area contributed by atoms with Gasteiger partial charge in [-0.15, -0.1) is 0 Å². The maximum atomic E-state index is 2.71. The van der Waals surface area contributed by atoms with Crippen molar-refractivity contribution in [2.24, 2.45) is 11.8 Å². The second-order valence-corrected chi connectivity index (χ2v) is 5.00. The van der Waals surface area contributed by atoms with Gasteiger partial charge in [0.25, 0.3) is 0 Å². The van der Waals surface area contributed by atoms with Crippen LogP contribution in [0.25, 0.3) is 0 Å². The Hall–Kier alpha value is -0.0400. The maximum Gasteiger partial charge on any atom is 0.00102 e. The van der Waals surface area contributed by atoms with Crippen molar-refractivity contribution >= 4 is 0 Å². The van der Waals surface area contributed by atoms with Crippen LogP contribution in [-0.4, -0.2) is 24.5 Å². The van der Waals surface area contributed by atoms with Crippen LogP contribution >= 0.6 is 0 Å². The minimum Gasteiger partial charge on any atom is -0.303 e. The Balaban J connectivity index is 1.65. The molecule has 2 aliphatic rings. The first kappa shape index (κ1) is 9.51. The first-order chi connectivity index (χ1) is 6.38. The summed E-state index contributed by atoms with van der Waals surface area (Å²) in [4.78, 5) is 2.71. The monoisotopic (exact) mass is 181 g/mol. The molecule has 76 valence electrons. The van der Waals surface area contributed by atoms with Crippen molar-refractivity contribution in [3.8, 4) is 0 Å². The molecule has 2 rings (SSSR count). The molecule has 1 heterocycles. The molecule has 2 fully saturated rings. The van der Waals surface area contributed by atoms with Gasteiger partial charge >= 0.3 is 0 Å². The first-order valence-electron chi connectivity index (χ1n) is 6.11. The SMILES string of the molecule is CCCC1CCN(CC2CCC2)C1. The number of rotatable bonds is 4. The molecular formula is C12H23N. The molecule has 1 aliphatic carbocycles. The molecule has 1 atom stereocenters. The van der Waals surface area contributed by atoms with E-state index in [-0.39, 0.29) is 0 Å². The standard InChI is InChI=1S/C12H23N/c1-2-4-11-7-8-13(9-11)10-12-5-3-6-12/h11-12H,2-10H2,1H3. The van der Waals surface area contributed by atoms with Crippen LogP contribution < -0.4 is 0 Å². The van der Waals surface area contributed by atoms with Gasteiger partial charge in [-0.3, -0.25) is 0 Å². The normalized spacial score (nSPS) is 30.7. The Morgan fingerprint density at radius 2 is 2.00 bits per heavy atom. The minimum absolute atomic E-state index is 1.03. The van der Waals surface area contributed by atoms with Crippen molar-refractivity contribution in [2.45, 2.75) is 45.4 Å². The summed E-state index contributed by atoms with van der Waals surface area (Å²) in [6, 6.07) is 0. The van der Waals surface area contributed by atoms with Gasteiger partial charge in [0.2, 0.25) is 0 Å². The van der Waals surface area contributed by atoms with Crippen molar-refractivity contribution in [3.63, 3.8) is 0 Å². The summed E-state index contributed by atoms with van der Waals surface area (Å²) in [5.74, 6) is 2.10. The minimum atomic E-state index is 1.03. The Morgan fingerprint density at radius 1 is 1.15 bits per heavy atom. The van der Waals surface area contributed by atoms with Gasteiger partial charge in [0, 0.05) is 13.1 Å². The van der Waals surface area contributed by atoms with Crippen LogP contribution in [0.2, 0.25) is 0 Å². The fraction of sp³-hybridized carbons (Fsp3) is 1.00. The lowest BCUT2D eigenvalue weighted by Crippen LogP contribution is -2.30. The van der Waals surface area contributed by atoms with Gasteiger partial charge in [0.15, 0.2) is 0 Å². The smallest absolute Gasteiger partial charge is 0.00102 e. The van der Waals surface area contributed by atoms with Crippen LogP contribution in [-0.2, 0) is 0 Å². The van der Waals surface area contributed by atoms with Gasteiger partial charge in [0.1, 0.15) is 0 Å². The van der Waals surface area contributed by atoms with Gasteiger partial charge < -0.3 is 4.90 Å². The summed E-state index contributed by atoms with van der Waals surface area (Å²) in [6.07, 6.45) is 8.82. The van der Waals surface area contributed by atoms with E-state index in [1.807, 2.05) is 0 Å². The highest BCUT2D eigenvalue weighted by atomic mass is 15.1. The number of hydrogen-bond donors (Lipinski definition) is 0. The Labute approximate surface area is 82.5 Å². The lowest BCUT2D eigenvalue weighted by Gasteiger charge is -2.30. The molecular weight excluding hydrogens is 158 g/mol. The molecule has 0 bridgehead atoms. The van der Waals surface area contributed by atoms with Crippen molar-refractivity contribution in [1.29, 1.82) is 0 Å². The van der Waals surface area contributed by atoms with Crippen molar-refractivity contribution in [3.05, 3.63) is 0 Å². The highest BCUT2D eigenvalue weighted by Gasteiger charge is 2.26. The predicted octanol–water partition coefficient (Wildman–Crippen LogP) is 2.91. The summed E-state index contributed by atoms with van der Waals surface area (Å²) in [5, 5.41) is 0. The second-order valence-electron chi connectivity index (χ2n) is 5.00. The van der Waals surface area contributed by atoms with E-state index in [1.165, 1.54) is 58.2 Å². The third kappa shape index (κ3) is 2.46. The van der Waals surface area contributed by atoms with Crippen LogP contribution in [0.15, 0.2) is 0 Å². The number of likely N-dealkylation sites (tertiary alicyclic amines) is 1. The molecule has 0 aromatic rings. The van der Waals surface area contributed by atoms with Crippen LogP contribution in [0.1, 0.15) is 45.4 Å². The Kier molecular flexibility index (Phi) is 3.26. The Morgan fingerprint density at radius 3 is 2.62 bits per heavy atom. The van der Waals surface area contributed by atoms with E-state index in [0.29, 0.717) is 0 Å². The van der Waals surface area contributed by atoms with Gasteiger partial charge in [-0.2, -0.15) is 0 Å². The number of nitrogens with zero attached hydrogens (tertiary/aromatic N) is 1. The third-order valence-corrected chi connectivity index (χ3v) is 3.81. The van der Waals surface area contributed by atoms with Gasteiger partial charge in [0.05, 0.1) is 0 Å². The lowest BCUT2D eigenvalue weighted by molar-refractivity contribution is 0.200. The molecule has 0 radical (unpaired) electrons. The maximum absolute atomic E-state index is 2.71. The topological polar surface area (TPSA) is 3.24 Å². The molecule has 1 saturated heterocycles. The summed E-state index contributed by atoms with van der Waals surface area (Å²) in [5.41, 5.74) is 0. The van der Waals surface area contributed by atoms with Crippen LogP contribution in [0.4, 0.5) is 0 Å². The highest BCUT2D eigenvalue weighted by molar-refractivity contribution is 4.80. The van der Waals surface area contributed by atoms with E-state index < -0.39 is 0 Å². The van der Waals surface area contributed by atoms with E-state index in [0.717, 1.165) is 11.8 Å². The average Bonchev–Trinajstić information content (AvgIpc) is 2.46. The average molecular weight is 181 g/mol. The van der Waals surface area contributed by atoms with E-state index in [1.54, 1.807) is 0 Å². The first-order valence-corrected chi connectivity index (χ1v) is 6.11. The zero-order valence-corrected chi connectivity index (χ0v) is 8.97. The lowest BCUT2D eigenvalue weighted by atomic mass is 9.85. The largest absolute Gasteiger partial charge is 0.303 e. The van der Waals surface area contributed by atoms with Crippen LogP contribution in [0.5, 0.6) is 0 Å². The summed E-state index contributed by atoms with van der Waals surface area (Å²) in [6.45, 7) is 6.53. The zero-order chi connectivity index (χ0) is 9.10. The predicted molar refractivity (Wildman–Crippen MR) is 56.8 cm³/mol. The fourth-order valence-corrected chi connectivity index (χ4v) is 2.76. The van der Waals surface area contributed by atoms with Gasteiger partial charge in [-0.25, -0.2) is 0 Å². The van der Waals surface area contributed by atoms with E-state index in [4.69, 9.17) is 0 Å². The van der Waals surface area contributed by atoms with Crippen LogP contribution in [0.3, 0.4) is 0 Å². The van der Waals surface area contributed by atoms with E-state index in [9.17, 15) is 0 Å². The molecule has 13 heavy (non-hydrogen) atoms. The summed E-state index contributed by atoms with van der Waals surface area (Å²) >= 11 is 0. The van der Waals surface area contributed by atoms with Gasteiger partial charge in [-0.05, 0) is 44.1 Å². The molecule has 1 saturated carbocycles. The second kappa shape index (κ2) is 4.45. The molecule has 1 unspecified atom stereocenters. The van der Waals surface area contributed by atoms with Gasteiger partial charge in [-0.1, -0.05) is 19.8 Å². The van der Waals surface area contributed by atoms with Crippen molar-refractivity contribution in [1.82, 2.24) is 4.90 Å². The zero-order valence-electron chi connectivity index (χ0n) is 8.97. The van der Waals surface area contributed by atoms with E-state index >= 15 is 0 Å². The molecule has 0 aromatic carbocycles. The van der Waals surface area contributed by atoms with Crippen molar-refractivity contribution < 1.29 is 0 Å². The molecule has 0 amide bonds. The quantitative estimate of drug-likeness (QED) is 0.644. The summed E-state index contributed by atoms with van der Waals surface area (Å²) in [7, 11) is 0. The third-order valence-electron chi connectivity index (χ3n) is 3.81. The Bertz CT molecular complexity index is 151. The molecule has 1 aliphatic heterocycles. The molecule has 0 spiro atoms. The molecule has 1 nitrogen and oxygen atoms in total. The fourth-order valence-electron chi connectivity index (χ4n) is 2.76. The highest BCUT2D eigenvalue weighted by Crippen LogP contribution is 2.29. The molecule has 0 aromatic heterocycles. The summed E-state index contributed by atoms with van der Waals surface area (Å²) < 4.78 is 0. The van der Waals surface area contributed by atoms with Crippen LogP contribution in [0, 0.1) is 11.8 Å². The van der Waals surface area contributed by atoms with Crippen molar-refractivity contribution in [2.75, 3.05) is 19.6 Å². The molecule has 1 heteroatoms.